The highest BCUT2D eigenvalue weighted by atomic mass is 79.9. The molecule has 0 bridgehead atoms. The molecule has 0 saturated carbocycles. The van der Waals surface area contributed by atoms with Gasteiger partial charge in [0, 0.05) is 10.2 Å². The Balaban J connectivity index is 3.09. The van der Waals surface area contributed by atoms with E-state index >= 15 is 0 Å². The van der Waals surface area contributed by atoms with E-state index in [-0.39, 0.29) is 5.82 Å². The normalized spacial score (nSPS) is 11.9. The Labute approximate surface area is 98.5 Å². The van der Waals surface area contributed by atoms with Crippen LogP contribution in [-0.2, 0) is 0 Å². The van der Waals surface area contributed by atoms with Crippen LogP contribution < -0.4 is 0 Å². The number of hydrogen-bond donors (Lipinski definition) is 0. The Kier molecular flexibility index (Phi) is 4.45. The molecule has 0 radical (unpaired) electrons. The lowest BCUT2D eigenvalue weighted by molar-refractivity contribution is 0.628. The molecule has 0 aliphatic rings. The third-order valence-corrected chi connectivity index (χ3v) is 2.59. The highest BCUT2D eigenvalue weighted by Crippen LogP contribution is 2.27. The van der Waals surface area contributed by atoms with Gasteiger partial charge in [0.05, 0.1) is 0 Å². The highest BCUT2D eigenvalue weighted by molar-refractivity contribution is 9.10. The molecule has 0 aliphatic heterocycles. The van der Waals surface area contributed by atoms with Gasteiger partial charge in [0.1, 0.15) is 11.5 Å². The van der Waals surface area contributed by atoms with Crippen molar-refractivity contribution in [1.29, 1.82) is 0 Å². The second kappa shape index (κ2) is 5.40. The molecule has 0 amide bonds. The topological polar surface area (TPSA) is 12.4 Å². The molecular weight excluding hydrogens is 257 g/mol. The van der Waals surface area contributed by atoms with Crippen molar-refractivity contribution >= 4 is 27.3 Å². The van der Waals surface area contributed by atoms with Crippen LogP contribution in [0.25, 0.3) is 0 Å². The summed E-state index contributed by atoms with van der Waals surface area (Å²) in [7, 11) is 0. The van der Waals surface area contributed by atoms with Crippen LogP contribution in [0, 0.1) is 12.7 Å². The molecule has 0 spiro atoms. The molecule has 0 saturated heterocycles. The van der Waals surface area contributed by atoms with Crippen molar-refractivity contribution in [3.05, 3.63) is 28.0 Å². The van der Waals surface area contributed by atoms with Gasteiger partial charge in [-0.1, -0.05) is 29.3 Å². The minimum absolute atomic E-state index is 0.266. The van der Waals surface area contributed by atoms with Gasteiger partial charge in [-0.25, -0.2) is 4.39 Å². The first-order valence-corrected chi connectivity index (χ1v) is 5.83. The SMILES string of the molecule is CCCC(C)=Nc1c(C)cc(Br)cc1F. The van der Waals surface area contributed by atoms with E-state index in [0.717, 1.165) is 28.6 Å². The lowest BCUT2D eigenvalue weighted by Gasteiger charge is -2.05. The standard InChI is InChI=1S/C12H15BrFN/c1-4-5-9(3)15-12-8(2)6-10(13)7-11(12)14/h6-7H,4-5H2,1-3H3. The van der Waals surface area contributed by atoms with E-state index < -0.39 is 0 Å². The Morgan fingerprint density at radius 3 is 2.67 bits per heavy atom. The van der Waals surface area contributed by atoms with Gasteiger partial charge < -0.3 is 0 Å². The fourth-order valence-electron chi connectivity index (χ4n) is 1.44. The summed E-state index contributed by atoms with van der Waals surface area (Å²) in [6.45, 7) is 5.89. The Morgan fingerprint density at radius 2 is 2.13 bits per heavy atom. The van der Waals surface area contributed by atoms with Gasteiger partial charge in [0.25, 0.3) is 0 Å². The second-order valence-corrected chi connectivity index (χ2v) is 4.57. The van der Waals surface area contributed by atoms with Crippen LogP contribution in [0.2, 0.25) is 0 Å². The van der Waals surface area contributed by atoms with Gasteiger partial charge in [-0.3, -0.25) is 4.99 Å². The molecule has 0 aliphatic carbocycles. The largest absolute Gasteiger partial charge is 0.255 e. The third kappa shape index (κ3) is 3.42. The van der Waals surface area contributed by atoms with E-state index in [0.29, 0.717) is 5.69 Å². The predicted molar refractivity (Wildman–Crippen MR) is 66.5 cm³/mol. The molecule has 1 aromatic carbocycles. The molecule has 1 nitrogen and oxygen atoms in total. The number of hydrogen-bond acceptors (Lipinski definition) is 1. The fourth-order valence-corrected chi connectivity index (χ4v) is 1.99. The zero-order valence-electron chi connectivity index (χ0n) is 9.27. The molecule has 0 fully saturated rings. The number of halogens is 2. The molecule has 1 aromatic rings. The maximum absolute atomic E-state index is 13.6. The number of aryl methyl sites for hydroxylation is 1. The van der Waals surface area contributed by atoms with Crippen molar-refractivity contribution in [3.63, 3.8) is 0 Å². The van der Waals surface area contributed by atoms with Crippen molar-refractivity contribution in [3.8, 4) is 0 Å². The minimum atomic E-state index is -0.266. The van der Waals surface area contributed by atoms with Crippen LogP contribution in [0.1, 0.15) is 32.3 Å². The van der Waals surface area contributed by atoms with E-state index in [1.165, 1.54) is 6.07 Å². The number of benzene rings is 1. The lowest BCUT2D eigenvalue weighted by Crippen LogP contribution is -1.91. The maximum atomic E-state index is 13.6. The summed E-state index contributed by atoms with van der Waals surface area (Å²) in [5.41, 5.74) is 2.29. The van der Waals surface area contributed by atoms with E-state index in [2.05, 4.69) is 27.8 Å². The average Bonchev–Trinajstić information content (AvgIpc) is 2.11. The summed E-state index contributed by atoms with van der Waals surface area (Å²) in [4.78, 5) is 4.31. The predicted octanol–water partition coefficient (Wildman–Crippen LogP) is 4.79. The zero-order valence-corrected chi connectivity index (χ0v) is 10.9. The summed E-state index contributed by atoms with van der Waals surface area (Å²) in [6.07, 6.45) is 1.95. The van der Waals surface area contributed by atoms with Crippen LogP contribution >= 0.6 is 15.9 Å². The Bertz CT molecular complexity index is 362. The molecule has 82 valence electrons. The molecule has 0 aromatic heterocycles. The van der Waals surface area contributed by atoms with E-state index in [9.17, 15) is 4.39 Å². The van der Waals surface area contributed by atoms with Crippen molar-refractivity contribution in [2.24, 2.45) is 4.99 Å². The lowest BCUT2D eigenvalue weighted by atomic mass is 10.2. The van der Waals surface area contributed by atoms with E-state index in [1.54, 1.807) is 0 Å². The molecule has 1 rings (SSSR count). The Morgan fingerprint density at radius 1 is 1.47 bits per heavy atom. The molecular formula is C12H15BrFN. The summed E-state index contributed by atoms with van der Waals surface area (Å²) < 4.78 is 14.3. The summed E-state index contributed by atoms with van der Waals surface area (Å²) in [5.74, 6) is -0.266. The van der Waals surface area contributed by atoms with Gasteiger partial charge in [-0.15, -0.1) is 0 Å². The van der Waals surface area contributed by atoms with Crippen LogP contribution in [-0.4, -0.2) is 5.71 Å². The van der Waals surface area contributed by atoms with Gasteiger partial charge >= 0.3 is 0 Å². The molecule has 0 unspecified atom stereocenters. The van der Waals surface area contributed by atoms with Crippen molar-refractivity contribution in [2.75, 3.05) is 0 Å². The molecule has 15 heavy (non-hydrogen) atoms. The van der Waals surface area contributed by atoms with Crippen LogP contribution in [0.15, 0.2) is 21.6 Å². The van der Waals surface area contributed by atoms with Gasteiger partial charge in [-0.05, 0) is 38.0 Å². The van der Waals surface area contributed by atoms with Gasteiger partial charge in [0.2, 0.25) is 0 Å². The highest BCUT2D eigenvalue weighted by Gasteiger charge is 2.06. The quantitative estimate of drug-likeness (QED) is 0.701. The number of nitrogens with zero attached hydrogens (tertiary/aromatic N) is 1. The Hall–Kier alpha value is -0.700. The summed E-state index contributed by atoms with van der Waals surface area (Å²) in [5, 5.41) is 0. The number of rotatable bonds is 3. The fraction of sp³-hybridized carbons (Fsp3) is 0.417. The van der Waals surface area contributed by atoms with E-state index in [4.69, 9.17) is 0 Å². The molecule has 0 heterocycles. The van der Waals surface area contributed by atoms with Gasteiger partial charge in [0.15, 0.2) is 0 Å². The first-order valence-electron chi connectivity index (χ1n) is 5.04. The number of aliphatic imine (C=N–C) groups is 1. The minimum Gasteiger partial charge on any atom is -0.255 e. The first kappa shape index (κ1) is 12.4. The second-order valence-electron chi connectivity index (χ2n) is 3.65. The smallest absolute Gasteiger partial charge is 0.150 e. The zero-order chi connectivity index (χ0) is 11.4. The average molecular weight is 272 g/mol. The van der Waals surface area contributed by atoms with Crippen LogP contribution in [0.3, 0.4) is 0 Å². The van der Waals surface area contributed by atoms with Crippen LogP contribution in [0.5, 0.6) is 0 Å². The summed E-state index contributed by atoms with van der Waals surface area (Å²) >= 11 is 3.26. The molecule has 0 atom stereocenters. The monoisotopic (exact) mass is 271 g/mol. The maximum Gasteiger partial charge on any atom is 0.150 e. The summed E-state index contributed by atoms with van der Waals surface area (Å²) in [6, 6.07) is 3.33. The van der Waals surface area contributed by atoms with Gasteiger partial charge in [-0.2, -0.15) is 0 Å². The first-order chi connectivity index (χ1) is 7.04. The van der Waals surface area contributed by atoms with Crippen molar-refractivity contribution in [2.45, 2.75) is 33.6 Å². The van der Waals surface area contributed by atoms with Crippen molar-refractivity contribution < 1.29 is 4.39 Å². The third-order valence-electron chi connectivity index (χ3n) is 2.13. The van der Waals surface area contributed by atoms with Crippen molar-refractivity contribution in [1.82, 2.24) is 0 Å². The van der Waals surface area contributed by atoms with E-state index in [1.807, 2.05) is 19.9 Å². The molecule has 0 N–H and O–H groups in total. The van der Waals surface area contributed by atoms with Crippen LogP contribution in [0.4, 0.5) is 10.1 Å². The molecule has 3 heteroatoms.